The molecule has 0 saturated carbocycles. The van der Waals surface area contributed by atoms with Gasteiger partial charge in [0, 0.05) is 37.5 Å². The largest absolute Gasteiger partial charge is 0.470 e. The molecule has 1 saturated heterocycles. The summed E-state index contributed by atoms with van der Waals surface area (Å²) in [4.78, 5) is 86.3. The second-order valence-electron chi connectivity index (χ2n) is 11.4. The van der Waals surface area contributed by atoms with Crippen LogP contribution < -0.4 is 27.0 Å². The number of nitrogens with zero attached hydrogens (tertiary/aromatic N) is 1. The van der Waals surface area contributed by atoms with Crippen LogP contribution in [0.3, 0.4) is 0 Å². The zero-order valence-corrected chi connectivity index (χ0v) is 26.1. The number of nitrogens with one attached hydrogen (secondary N) is 4. The topological polar surface area (TPSA) is 206 Å². The lowest BCUT2D eigenvalue weighted by atomic mass is 10.0. The number of carbonyl (C=O) groups excluding carboxylic acids is 7. The van der Waals surface area contributed by atoms with E-state index in [0.717, 1.165) is 0 Å². The highest BCUT2D eigenvalue weighted by Crippen LogP contribution is 2.19. The van der Waals surface area contributed by atoms with Crippen molar-refractivity contribution in [3.8, 4) is 0 Å². The highest BCUT2D eigenvalue weighted by atomic mass is 16.5. The molecule has 2 unspecified atom stereocenters. The van der Waals surface area contributed by atoms with E-state index < -0.39 is 35.8 Å². The molecular formula is C30H43BN6O8. The van der Waals surface area contributed by atoms with Crippen molar-refractivity contribution in [3.05, 3.63) is 29.8 Å². The molecule has 14 nitrogen and oxygen atoms in total. The number of amides is 7. The highest BCUT2D eigenvalue weighted by molar-refractivity contribution is 6.55. The summed E-state index contributed by atoms with van der Waals surface area (Å²) in [7, 11) is 4.98. The molecule has 15 heteroatoms. The molecule has 2 rings (SSSR count). The minimum atomic E-state index is -0.998. The number of hydrogen-bond donors (Lipinski definition) is 5. The molecule has 6 N–H and O–H groups in total. The highest BCUT2D eigenvalue weighted by Gasteiger charge is 2.35. The van der Waals surface area contributed by atoms with Crippen molar-refractivity contribution in [3.63, 3.8) is 0 Å². The average Bonchev–Trinajstić information content (AvgIpc) is 3.21. The number of urea groups is 1. The van der Waals surface area contributed by atoms with E-state index in [2.05, 4.69) is 21.3 Å². The Bertz CT molecular complexity index is 1230. The predicted octanol–water partition coefficient (Wildman–Crippen LogP) is 1.46. The van der Waals surface area contributed by atoms with E-state index >= 15 is 0 Å². The van der Waals surface area contributed by atoms with E-state index in [-0.39, 0.29) is 62.0 Å². The number of unbranched alkanes of at least 4 members (excludes halogenated alkanes) is 2. The third-order valence-corrected chi connectivity index (χ3v) is 7.23. The molecule has 2 radical (unpaired) electrons. The molecule has 45 heavy (non-hydrogen) atoms. The maximum absolute atomic E-state index is 13.3. The van der Waals surface area contributed by atoms with Crippen molar-refractivity contribution in [2.45, 2.75) is 84.4 Å². The molecule has 0 aliphatic carbocycles. The summed E-state index contributed by atoms with van der Waals surface area (Å²) in [6.45, 7) is 5.75. The zero-order chi connectivity index (χ0) is 33.5. The van der Waals surface area contributed by atoms with E-state index in [4.69, 9.17) is 18.3 Å². The summed E-state index contributed by atoms with van der Waals surface area (Å²) in [5.41, 5.74) is 6.19. The van der Waals surface area contributed by atoms with Crippen molar-refractivity contribution in [2.75, 3.05) is 18.4 Å². The number of nitrogens with two attached hydrogens (primary N) is 1. The number of rotatable bonds is 18. The van der Waals surface area contributed by atoms with Crippen LogP contribution in [0.4, 0.5) is 15.3 Å². The van der Waals surface area contributed by atoms with E-state index in [1.165, 1.54) is 4.90 Å². The molecule has 1 heterocycles. The number of anilines is 1. The van der Waals surface area contributed by atoms with Gasteiger partial charge in [-0.2, -0.15) is 0 Å². The predicted molar refractivity (Wildman–Crippen MR) is 165 cm³/mol. The number of ether oxygens (including phenoxy) is 1. The Morgan fingerprint density at radius 3 is 2.27 bits per heavy atom. The van der Waals surface area contributed by atoms with Crippen molar-refractivity contribution < 1.29 is 38.3 Å². The second-order valence-corrected chi connectivity index (χ2v) is 11.4. The van der Waals surface area contributed by atoms with Crippen LogP contribution in [0.5, 0.6) is 0 Å². The fourth-order valence-corrected chi connectivity index (χ4v) is 4.71. The Kier molecular flexibility index (Phi) is 15.0. The van der Waals surface area contributed by atoms with Crippen LogP contribution in [0.15, 0.2) is 24.3 Å². The first-order chi connectivity index (χ1) is 21.3. The molecule has 0 aromatic heterocycles. The molecule has 1 aromatic rings. The van der Waals surface area contributed by atoms with Crippen LogP contribution >= 0.6 is 0 Å². The van der Waals surface area contributed by atoms with Gasteiger partial charge in [-0.05, 0) is 49.3 Å². The van der Waals surface area contributed by atoms with Crippen LogP contribution in [-0.2, 0) is 35.3 Å². The van der Waals surface area contributed by atoms with Crippen LogP contribution in [0.2, 0.25) is 0 Å². The van der Waals surface area contributed by atoms with E-state index in [1.807, 2.05) is 0 Å². The Morgan fingerprint density at radius 1 is 1.00 bits per heavy atom. The molecule has 1 aliphatic rings. The van der Waals surface area contributed by atoms with Crippen LogP contribution in [0.25, 0.3) is 0 Å². The number of hydrogen-bond acceptors (Lipinski definition) is 8. The monoisotopic (exact) mass is 626 g/mol. The van der Waals surface area contributed by atoms with Gasteiger partial charge >= 0.3 is 6.03 Å². The van der Waals surface area contributed by atoms with Gasteiger partial charge in [-0.25, -0.2) is 4.79 Å². The van der Waals surface area contributed by atoms with E-state index in [0.29, 0.717) is 43.5 Å². The Balaban J connectivity index is 1.93. The van der Waals surface area contributed by atoms with Crippen molar-refractivity contribution in [1.29, 1.82) is 0 Å². The first-order valence-electron chi connectivity index (χ1n) is 15.1. The number of carbonyl (C=O) groups is 7. The standard InChI is InChI=1S/C30H43BN6O8/c1-18(2)25(36-23(38)9-5-4-6-15-37-24(39)16-19(3)28(37)42)27(41)35-22(8-7-14-33-30(32)44)26(40)34-21-12-10-20(11-13-21)17-45-29(31)43/h10-13,18-19,22,25H,4-9,14-17H2,1-3H3,(H,34,40)(H,35,41)(H,36,38)(H3,32,33,44)/t19?,22-,25?/m0/s1. The number of primary amides is 1. The maximum Gasteiger partial charge on any atom is 0.312 e. The van der Waals surface area contributed by atoms with Crippen LogP contribution in [0, 0.1) is 11.8 Å². The molecule has 244 valence electrons. The van der Waals surface area contributed by atoms with Gasteiger partial charge in [0.15, 0.2) is 0 Å². The molecule has 0 bridgehead atoms. The summed E-state index contributed by atoms with van der Waals surface area (Å²) in [5.74, 6) is -3.21. The molecule has 3 atom stereocenters. The quantitative estimate of drug-likeness (QED) is 0.0914. The van der Waals surface area contributed by atoms with Gasteiger partial charge in [0.25, 0.3) is 0 Å². The third-order valence-electron chi connectivity index (χ3n) is 7.23. The molecule has 1 aliphatic heterocycles. The number of benzene rings is 1. The van der Waals surface area contributed by atoms with E-state index in [1.54, 1.807) is 45.0 Å². The first-order valence-corrected chi connectivity index (χ1v) is 15.1. The molecular weight excluding hydrogens is 583 g/mol. The zero-order valence-electron chi connectivity index (χ0n) is 26.1. The van der Waals surface area contributed by atoms with Crippen molar-refractivity contribution in [1.82, 2.24) is 20.9 Å². The SMILES string of the molecule is [B]C(=O)OCc1ccc(NC(=O)[C@H](CCCNC(N)=O)NC(=O)C(NC(=O)CCCCCN2C(=O)CC(C)C2=O)C(C)C)cc1. The van der Waals surface area contributed by atoms with Gasteiger partial charge < -0.3 is 31.7 Å². The first kappa shape index (κ1) is 36.8. The summed E-state index contributed by atoms with van der Waals surface area (Å²) < 4.78 is 4.74. The Morgan fingerprint density at radius 2 is 1.69 bits per heavy atom. The average molecular weight is 627 g/mol. The minimum absolute atomic E-state index is 0.0304. The van der Waals surface area contributed by atoms with Gasteiger partial charge in [0.2, 0.25) is 43.3 Å². The minimum Gasteiger partial charge on any atom is -0.470 e. The van der Waals surface area contributed by atoms with E-state index in [9.17, 15) is 33.6 Å². The van der Waals surface area contributed by atoms with Gasteiger partial charge in [-0.1, -0.05) is 39.3 Å². The summed E-state index contributed by atoms with van der Waals surface area (Å²) in [5, 5.41) is 10.7. The fourth-order valence-electron chi connectivity index (χ4n) is 4.71. The number of likely N-dealkylation sites (tertiary alicyclic amines) is 1. The Hall–Kier alpha value is -4.43. The van der Waals surface area contributed by atoms with Gasteiger partial charge in [0.05, 0.1) is 0 Å². The third kappa shape index (κ3) is 13.0. The molecule has 1 aromatic carbocycles. The van der Waals surface area contributed by atoms with Crippen molar-refractivity contribution >= 4 is 55.0 Å². The van der Waals surface area contributed by atoms with Gasteiger partial charge in [-0.15, -0.1) is 0 Å². The van der Waals surface area contributed by atoms with Gasteiger partial charge in [-0.3, -0.25) is 33.7 Å². The van der Waals surface area contributed by atoms with Crippen LogP contribution in [0.1, 0.15) is 71.3 Å². The Labute approximate surface area is 264 Å². The smallest absolute Gasteiger partial charge is 0.312 e. The fraction of sp³-hybridized carbons (Fsp3) is 0.567. The molecule has 1 fully saturated rings. The number of imide groups is 1. The lowest BCUT2D eigenvalue weighted by Gasteiger charge is -2.25. The van der Waals surface area contributed by atoms with Crippen molar-refractivity contribution in [2.24, 2.45) is 17.6 Å². The maximum atomic E-state index is 13.3. The van der Waals surface area contributed by atoms with Crippen LogP contribution in [-0.4, -0.2) is 79.4 Å². The lowest BCUT2D eigenvalue weighted by molar-refractivity contribution is -0.139. The normalized spacial score (nSPS) is 15.7. The summed E-state index contributed by atoms with van der Waals surface area (Å²) in [6.07, 6.45) is 2.59. The molecule has 0 spiro atoms. The van der Waals surface area contributed by atoms with Gasteiger partial charge in [0.1, 0.15) is 18.7 Å². The second kappa shape index (κ2) is 18.4. The summed E-state index contributed by atoms with van der Waals surface area (Å²) >= 11 is 0. The summed E-state index contributed by atoms with van der Waals surface area (Å²) in [6, 6.07) is 3.85. The molecule has 7 amide bonds. The lowest BCUT2D eigenvalue weighted by Crippen LogP contribution is -2.54.